The third-order valence-electron chi connectivity index (χ3n) is 5.60. The Balaban J connectivity index is 1.84. The van der Waals surface area contributed by atoms with Crippen molar-refractivity contribution in [1.29, 1.82) is 0 Å². The van der Waals surface area contributed by atoms with Gasteiger partial charge in [0.25, 0.3) is 0 Å². The Morgan fingerprint density at radius 3 is 1.71 bits per heavy atom. The number of nitrogens with zero attached hydrogens (tertiary/aromatic N) is 1. The molecule has 2 unspecified atom stereocenters. The molecule has 1 aromatic heterocycles. The third kappa shape index (κ3) is 2.43. The van der Waals surface area contributed by atoms with Crippen LogP contribution < -0.4 is 0 Å². The lowest BCUT2D eigenvalue weighted by atomic mass is 9.87. The number of benzene rings is 1. The maximum atomic E-state index is 2.42. The van der Waals surface area contributed by atoms with Crippen LogP contribution in [0.5, 0.6) is 0 Å². The summed E-state index contributed by atoms with van der Waals surface area (Å²) in [6.45, 7) is 4.84. The van der Waals surface area contributed by atoms with Gasteiger partial charge in [0, 0.05) is 12.4 Å². The smallest absolute Gasteiger partial charge is 0.0518 e. The van der Waals surface area contributed by atoms with Gasteiger partial charge in [0.1, 0.15) is 0 Å². The zero-order valence-electron chi connectivity index (χ0n) is 13.1. The highest BCUT2D eigenvalue weighted by molar-refractivity contribution is 5.52. The van der Waals surface area contributed by atoms with Gasteiger partial charge in [-0.3, -0.25) is 0 Å². The lowest BCUT2D eigenvalue weighted by Crippen LogP contribution is -2.09. The van der Waals surface area contributed by atoms with E-state index in [0.717, 1.165) is 11.8 Å². The van der Waals surface area contributed by atoms with Crippen molar-refractivity contribution in [2.75, 3.05) is 0 Å². The van der Waals surface area contributed by atoms with Crippen LogP contribution in [0.3, 0.4) is 0 Å². The van der Waals surface area contributed by atoms with Gasteiger partial charge < -0.3 is 4.57 Å². The first-order chi connectivity index (χ1) is 10.3. The molecule has 1 heteroatoms. The first-order valence-corrected chi connectivity index (χ1v) is 8.52. The molecule has 2 atom stereocenters. The van der Waals surface area contributed by atoms with Crippen molar-refractivity contribution < 1.29 is 0 Å². The fourth-order valence-corrected chi connectivity index (χ4v) is 3.80. The summed E-state index contributed by atoms with van der Waals surface area (Å²) in [7, 11) is 0. The fourth-order valence-electron chi connectivity index (χ4n) is 3.80. The summed E-state index contributed by atoms with van der Waals surface area (Å²) < 4.78 is 2.35. The van der Waals surface area contributed by atoms with Gasteiger partial charge in [-0.05, 0) is 72.6 Å². The summed E-state index contributed by atoms with van der Waals surface area (Å²) >= 11 is 0. The van der Waals surface area contributed by atoms with Gasteiger partial charge in [-0.15, -0.1) is 0 Å². The molecular weight excluding hydrogens is 254 g/mol. The summed E-state index contributed by atoms with van der Waals surface area (Å²) in [5.74, 6) is 3.19. The van der Waals surface area contributed by atoms with E-state index in [1.807, 2.05) is 0 Å². The van der Waals surface area contributed by atoms with E-state index in [1.54, 1.807) is 11.1 Å². The van der Waals surface area contributed by atoms with Gasteiger partial charge in [0.2, 0.25) is 0 Å². The second kappa shape index (κ2) is 5.05. The van der Waals surface area contributed by atoms with Gasteiger partial charge in [0.05, 0.1) is 5.69 Å². The van der Waals surface area contributed by atoms with Crippen molar-refractivity contribution >= 4 is 0 Å². The molecule has 2 saturated carbocycles. The van der Waals surface area contributed by atoms with E-state index in [9.17, 15) is 0 Å². The summed E-state index contributed by atoms with van der Waals surface area (Å²) in [6, 6.07) is 11.3. The van der Waals surface area contributed by atoms with Gasteiger partial charge >= 0.3 is 0 Å². The molecule has 0 aliphatic heterocycles. The predicted octanol–water partition coefficient (Wildman–Crippen LogP) is 5.50. The van der Waals surface area contributed by atoms with Crippen molar-refractivity contribution in [2.45, 2.75) is 51.4 Å². The molecule has 1 nitrogen and oxygen atoms in total. The molecule has 2 aliphatic carbocycles. The van der Waals surface area contributed by atoms with Crippen LogP contribution >= 0.6 is 0 Å². The molecule has 1 heterocycles. The number of aromatic nitrogens is 1. The van der Waals surface area contributed by atoms with Gasteiger partial charge in [-0.1, -0.05) is 32.0 Å². The lowest BCUT2D eigenvalue weighted by molar-refractivity contribution is 0.637. The van der Waals surface area contributed by atoms with E-state index in [0.29, 0.717) is 11.8 Å². The highest BCUT2D eigenvalue weighted by Crippen LogP contribution is 2.48. The molecule has 0 spiro atoms. The Bertz CT molecular complexity index is 581. The predicted molar refractivity (Wildman–Crippen MR) is 88.0 cm³/mol. The lowest BCUT2D eigenvalue weighted by Gasteiger charge is -2.23. The van der Waals surface area contributed by atoms with Crippen LogP contribution in [-0.4, -0.2) is 4.57 Å². The molecule has 21 heavy (non-hydrogen) atoms. The van der Waals surface area contributed by atoms with Crippen molar-refractivity contribution in [1.82, 2.24) is 4.57 Å². The molecule has 0 radical (unpaired) electrons. The first kappa shape index (κ1) is 13.2. The minimum atomic E-state index is 0.689. The van der Waals surface area contributed by atoms with E-state index in [2.05, 4.69) is 61.1 Å². The standard InChI is InChI=1S/C20H25N/c1-14(16-8-9-16)18-6-5-7-19(15(2)17-10-11-17)20(18)21-12-3-4-13-21/h3-7,12-17H,8-11H2,1-2H3. The Morgan fingerprint density at radius 1 is 0.810 bits per heavy atom. The summed E-state index contributed by atoms with van der Waals surface area (Å²) in [5, 5.41) is 0. The molecule has 1 aromatic carbocycles. The topological polar surface area (TPSA) is 4.93 Å². The van der Waals surface area contributed by atoms with E-state index < -0.39 is 0 Å². The van der Waals surface area contributed by atoms with Crippen LogP contribution in [0.25, 0.3) is 5.69 Å². The zero-order chi connectivity index (χ0) is 14.4. The number of para-hydroxylation sites is 1. The normalized spacial score (nSPS) is 21.2. The second-order valence-corrected chi connectivity index (χ2v) is 7.13. The highest BCUT2D eigenvalue weighted by Gasteiger charge is 2.34. The zero-order valence-corrected chi connectivity index (χ0v) is 13.1. The number of hydrogen-bond acceptors (Lipinski definition) is 0. The Kier molecular flexibility index (Phi) is 3.17. The minimum Gasteiger partial charge on any atom is -0.323 e. The Hall–Kier alpha value is -1.50. The number of rotatable bonds is 5. The van der Waals surface area contributed by atoms with Crippen molar-refractivity contribution in [3.05, 3.63) is 53.9 Å². The van der Waals surface area contributed by atoms with E-state index >= 15 is 0 Å². The first-order valence-electron chi connectivity index (χ1n) is 8.52. The largest absolute Gasteiger partial charge is 0.323 e. The average Bonchev–Trinajstić information content (AvgIpc) is 3.43. The van der Waals surface area contributed by atoms with Crippen molar-refractivity contribution in [3.63, 3.8) is 0 Å². The molecular formula is C20H25N. The summed E-state index contributed by atoms with van der Waals surface area (Å²) in [4.78, 5) is 0. The molecule has 2 aliphatic rings. The molecule has 4 rings (SSSR count). The SMILES string of the molecule is CC(c1cccc(C(C)C2CC2)c1-n1cccc1)C1CC1. The maximum Gasteiger partial charge on any atom is 0.0518 e. The van der Waals surface area contributed by atoms with E-state index in [1.165, 1.54) is 31.4 Å². The molecule has 0 bridgehead atoms. The van der Waals surface area contributed by atoms with Crippen LogP contribution in [0.4, 0.5) is 0 Å². The Labute approximate surface area is 128 Å². The van der Waals surface area contributed by atoms with Crippen LogP contribution in [0, 0.1) is 11.8 Å². The van der Waals surface area contributed by atoms with Crippen molar-refractivity contribution in [2.24, 2.45) is 11.8 Å². The molecule has 0 saturated heterocycles. The minimum absolute atomic E-state index is 0.689. The third-order valence-corrected chi connectivity index (χ3v) is 5.60. The molecule has 2 aromatic rings. The van der Waals surface area contributed by atoms with Crippen LogP contribution in [0.2, 0.25) is 0 Å². The average molecular weight is 279 g/mol. The Morgan fingerprint density at radius 2 is 1.29 bits per heavy atom. The molecule has 0 N–H and O–H groups in total. The van der Waals surface area contributed by atoms with Crippen LogP contribution in [0.1, 0.15) is 62.5 Å². The van der Waals surface area contributed by atoms with E-state index in [4.69, 9.17) is 0 Å². The molecule has 110 valence electrons. The number of hydrogen-bond donors (Lipinski definition) is 0. The molecule has 2 fully saturated rings. The van der Waals surface area contributed by atoms with Gasteiger partial charge in [-0.25, -0.2) is 0 Å². The van der Waals surface area contributed by atoms with Crippen LogP contribution in [0.15, 0.2) is 42.7 Å². The maximum absolute atomic E-state index is 2.42. The van der Waals surface area contributed by atoms with Gasteiger partial charge in [0.15, 0.2) is 0 Å². The summed E-state index contributed by atoms with van der Waals surface area (Å²) in [6.07, 6.45) is 10.1. The summed E-state index contributed by atoms with van der Waals surface area (Å²) in [5.41, 5.74) is 4.58. The highest BCUT2D eigenvalue weighted by atomic mass is 14.9. The fraction of sp³-hybridized carbons (Fsp3) is 0.500. The monoisotopic (exact) mass is 279 g/mol. The van der Waals surface area contributed by atoms with Crippen LogP contribution in [-0.2, 0) is 0 Å². The van der Waals surface area contributed by atoms with Crippen molar-refractivity contribution in [3.8, 4) is 5.69 Å². The quantitative estimate of drug-likeness (QED) is 0.680. The molecule has 0 amide bonds. The van der Waals surface area contributed by atoms with Gasteiger partial charge in [-0.2, -0.15) is 0 Å². The second-order valence-electron chi connectivity index (χ2n) is 7.13. The van der Waals surface area contributed by atoms with E-state index in [-0.39, 0.29) is 0 Å².